The number of carbonyl (C=O) groups is 1. The molecule has 0 saturated carbocycles. The Morgan fingerprint density at radius 1 is 1.24 bits per heavy atom. The lowest BCUT2D eigenvalue weighted by Crippen LogP contribution is -2.37. The Morgan fingerprint density at radius 2 is 1.88 bits per heavy atom. The van der Waals surface area contributed by atoms with Crippen molar-refractivity contribution in [3.8, 4) is 0 Å². The second-order valence-electron chi connectivity index (χ2n) is 3.72. The molecule has 96 valence electrons. The van der Waals surface area contributed by atoms with Gasteiger partial charge in [-0.3, -0.25) is 4.79 Å². The first-order chi connectivity index (χ1) is 8.08. The van der Waals surface area contributed by atoms with Gasteiger partial charge in [-0.15, -0.1) is 0 Å². The molecule has 1 aliphatic heterocycles. The maximum absolute atomic E-state index is 10.6. The van der Waals surface area contributed by atoms with E-state index < -0.39 is 6.29 Å². The molecule has 5 heteroatoms. The van der Waals surface area contributed by atoms with Crippen LogP contribution in [0.15, 0.2) is 29.1 Å². The first-order valence-corrected chi connectivity index (χ1v) is 5.53. The third-order valence-electron chi connectivity index (χ3n) is 2.01. The SMILES string of the molecule is CC(=O)OC1CC(C)OC(C)O1.c1ccoc1. The largest absolute Gasteiger partial charge is 0.473 e. The zero-order valence-corrected chi connectivity index (χ0v) is 10.3. The van der Waals surface area contributed by atoms with Crippen LogP contribution in [0.2, 0.25) is 0 Å². The van der Waals surface area contributed by atoms with Crippen LogP contribution >= 0.6 is 0 Å². The Hall–Kier alpha value is -1.33. The Balaban J connectivity index is 0.000000239. The quantitative estimate of drug-likeness (QED) is 0.707. The second kappa shape index (κ2) is 7.09. The molecule has 2 rings (SSSR count). The Labute approximate surface area is 101 Å². The number of hydrogen-bond acceptors (Lipinski definition) is 5. The third-order valence-corrected chi connectivity index (χ3v) is 2.01. The lowest BCUT2D eigenvalue weighted by atomic mass is 10.2. The minimum Gasteiger partial charge on any atom is -0.473 e. The third kappa shape index (κ3) is 6.09. The fraction of sp³-hybridized carbons (Fsp3) is 0.583. The lowest BCUT2D eigenvalue weighted by Gasteiger charge is -2.31. The van der Waals surface area contributed by atoms with Crippen molar-refractivity contribution in [2.75, 3.05) is 0 Å². The minimum absolute atomic E-state index is 0.0816. The van der Waals surface area contributed by atoms with Crippen LogP contribution in [0.25, 0.3) is 0 Å². The number of ether oxygens (including phenoxy) is 3. The maximum Gasteiger partial charge on any atom is 0.304 e. The van der Waals surface area contributed by atoms with Crippen LogP contribution in [0.5, 0.6) is 0 Å². The fourth-order valence-electron chi connectivity index (χ4n) is 1.44. The van der Waals surface area contributed by atoms with Crippen molar-refractivity contribution in [1.29, 1.82) is 0 Å². The number of esters is 1. The molecule has 5 nitrogen and oxygen atoms in total. The van der Waals surface area contributed by atoms with E-state index in [9.17, 15) is 4.79 Å². The first kappa shape index (κ1) is 13.7. The van der Waals surface area contributed by atoms with E-state index in [-0.39, 0.29) is 18.4 Å². The minimum atomic E-state index is -0.443. The molecule has 0 aliphatic carbocycles. The van der Waals surface area contributed by atoms with Crippen molar-refractivity contribution in [1.82, 2.24) is 0 Å². The van der Waals surface area contributed by atoms with Gasteiger partial charge in [0.2, 0.25) is 6.29 Å². The molecule has 0 amide bonds. The summed E-state index contributed by atoms with van der Waals surface area (Å²) in [5.74, 6) is -0.318. The molecule has 0 spiro atoms. The van der Waals surface area contributed by atoms with Gasteiger partial charge in [-0.05, 0) is 26.0 Å². The van der Waals surface area contributed by atoms with Gasteiger partial charge in [0.25, 0.3) is 0 Å². The van der Waals surface area contributed by atoms with Crippen LogP contribution in [0, 0.1) is 0 Å². The molecule has 17 heavy (non-hydrogen) atoms. The molecule has 1 saturated heterocycles. The number of carbonyl (C=O) groups excluding carboxylic acids is 1. The van der Waals surface area contributed by atoms with Crippen LogP contribution in [0.1, 0.15) is 27.2 Å². The number of hydrogen-bond donors (Lipinski definition) is 0. The topological polar surface area (TPSA) is 57.9 Å². The van der Waals surface area contributed by atoms with Crippen molar-refractivity contribution >= 4 is 5.97 Å². The predicted molar refractivity (Wildman–Crippen MR) is 60.0 cm³/mol. The highest BCUT2D eigenvalue weighted by molar-refractivity contribution is 5.66. The van der Waals surface area contributed by atoms with Gasteiger partial charge >= 0.3 is 5.97 Å². The molecule has 1 aromatic heterocycles. The summed E-state index contributed by atoms with van der Waals surface area (Å²) < 4.78 is 20.0. The van der Waals surface area contributed by atoms with E-state index in [4.69, 9.17) is 14.2 Å². The summed E-state index contributed by atoms with van der Waals surface area (Å²) in [5.41, 5.74) is 0. The van der Waals surface area contributed by atoms with Crippen molar-refractivity contribution in [2.24, 2.45) is 0 Å². The Morgan fingerprint density at radius 3 is 2.29 bits per heavy atom. The van der Waals surface area contributed by atoms with E-state index in [0.29, 0.717) is 6.42 Å². The highest BCUT2D eigenvalue weighted by Gasteiger charge is 2.26. The molecule has 0 radical (unpaired) electrons. The molecule has 1 aliphatic rings. The van der Waals surface area contributed by atoms with Crippen molar-refractivity contribution < 1.29 is 23.4 Å². The zero-order chi connectivity index (χ0) is 12.7. The molecule has 0 bridgehead atoms. The van der Waals surface area contributed by atoms with Gasteiger partial charge in [-0.1, -0.05) is 0 Å². The summed E-state index contributed by atoms with van der Waals surface area (Å²) in [5, 5.41) is 0. The smallest absolute Gasteiger partial charge is 0.304 e. The summed E-state index contributed by atoms with van der Waals surface area (Å²) in [7, 11) is 0. The van der Waals surface area contributed by atoms with Crippen LogP contribution in [0.4, 0.5) is 0 Å². The summed E-state index contributed by atoms with van der Waals surface area (Å²) in [6.45, 7) is 5.08. The van der Waals surface area contributed by atoms with Gasteiger partial charge < -0.3 is 18.6 Å². The van der Waals surface area contributed by atoms with Gasteiger partial charge in [-0.25, -0.2) is 0 Å². The van der Waals surface area contributed by atoms with Gasteiger partial charge in [0.1, 0.15) is 0 Å². The molecule has 2 heterocycles. The molecule has 1 fully saturated rings. The number of rotatable bonds is 1. The molecule has 0 N–H and O–H groups in total. The first-order valence-electron chi connectivity index (χ1n) is 5.53. The standard InChI is InChI=1S/C8H14O4.C4H4O/c1-5-4-8(11-6(2)9)12-7(3)10-5;1-2-4-5-3-1/h5,7-8H,4H2,1-3H3;1-4H. The van der Waals surface area contributed by atoms with Gasteiger partial charge in [0.05, 0.1) is 18.6 Å². The monoisotopic (exact) mass is 242 g/mol. The lowest BCUT2D eigenvalue weighted by molar-refractivity contribution is -0.288. The Kier molecular flexibility index (Phi) is 5.72. The fourth-order valence-corrected chi connectivity index (χ4v) is 1.44. The molecule has 3 unspecified atom stereocenters. The van der Waals surface area contributed by atoms with Crippen molar-refractivity contribution in [2.45, 2.75) is 45.9 Å². The maximum atomic E-state index is 10.6. The van der Waals surface area contributed by atoms with E-state index in [1.807, 2.05) is 19.1 Å². The summed E-state index contributed by atoms with van der Waals surface area (Å²) >= 11 is 0. The van der Waals surface area contributed by atoms with E-state index in [2.05, 4.69) is 4.42 Å². The van der Waals surface area contributed by atoms with Crippen LogP contribution < -0.4 is 0 Å². The average molecular weight is 242 g/mol. The summed E-state index contributed by atoms with van der Waals surface area (Å²) in [6, 6.07) is 3.67. The van der Waals surface area contributed by atoms with E-state index in [0.717, 1.165) is 0 Å². The van der Waals surface area contributed by atoms with Crippen LogP contribution in [0.3, 0.4) is 0 Å². The summed E-state index contributed by atoms with van der Waals surface area (Å²) in [6.07, 6.45) is 3.20. The predicted octanol–water partition coefficient (Wildman–Crippen LogP) is 2.33. The number of furan rings is 1. The van der Waals surface area contributed by atoms with Crippen molar-refractivity contribution in [3.05, 3.63) is 24.7 Å². The zero-order valence-electron chi connectivity index (χ0n) is 10.3. The average Bonchev–Trinajstić information content (AvgIpc) is 2.71. The molecule has 0 aromatic carbocycles. The van der Waals surface area contributed by atoms with E-state index in [1.165, 1.54) is 6.92 Å². The highest BCUT2D eigenvalue weighted by Crippen LogP contribution is 2.18. The van der Waals surface area contributed by atoms with Gasteiger partial charge in [-0.2, -0.15) is 0 Å². The molecular formula is C12H18O5. The van der Waals surface area contributed by atoms with Crippen LogP contribution in [-0.4, -0.2) is 24.7 Å². The van der Waals surface area contributed by atoms with Gasteiger partial charge in [0, 0.05) is 13.3 Å². The van der Waals surface area contributed by atoms with Crippen LogP contribution in [-0.2, 0) is 19.0 Å². The normalized spacial score (nSPS) is 27.8. The van der Waals surface area contributed by atoms with Gasteiger partial charge in [0.15, 0.2) is 6.29 Å². The molecule has 3 atom stereocenters. The summed E-state index contributed by atoms with van der Waals surface area (Å²) in [4.78, 5) is 10.6. The second-order valence-corrected chi connectivity index (χ2v) is 3.72. The highest BCUT2D eigenvalue weighted by atomic mass is 16.8. The van der Waals surface area contributed by atoms with Crippen molar-refractivity contribution in [3.63, 3.8) is 0 Å². The Bertz CT molecular complexity index is 281. The van der Waals surface area contributed by atoms with E-state index in [1.54, 1.807) is 19.5 Å². The molecule has 1 aromatic rings. The van der Waals surface area contributed by atoms with E-state index >= 15 is 0 Å². The molecular weight excluding hydrogens is 224 g/mol.